The van der Waals surface area contributed by atoms with Crippen LogP contribution in [0, 0.1) is 0 Å². The predicted molar refractivity (Wildman–Crippen MR) is 98.3 cm³/mol. The first-order valence-electron chi connectivity index (χ1n) is 8.79. The van der Waals surface area contributed by atoms with E-state index in [0.29, 0.717) is 30.2 Å². The Labute approximate surface area is 156 Å². The third-order valence-corrected chi connectivity index (χ3v) is 4.11. The molecule has 9 heteroatoms. The maximum atomic E-state index is 12.2. The number of aromatic nitrogens is 1. The Balaban J connectivity index is 1.65. The fourth-order valence-corrected chi connectivity index (χ4v) is 2.92. The van der Waals surface area contributed by atoms with Gasteiger partial charge in [-0.25, -0.2) is 4.79 Å². The summed E-state index contributed by atoms with van der Waals surface area (Å²) in [7, 11) is 0. The van der Waals surface area contributed by atoms with Crippen LogP contribution in [-0.4, -0.2) is 35.0 Å². The van der Waals surface area contributed by atoms with Crippen LogP contribution in [0.5, 0.6) is 0 Å². The fourth-order valence-electron chi connectivity index (χ4n) is 2.92. The molecule has 0 spiro atoms. The summed E-state index contributed by atoms with van der Waals surface area (Å²) in [4.78, 5) is 36.2. The zero-order valence-corrected chi connectivity index (χ0v) is 15.2. The number of nitrogens with one attached hydrogen (secondary N) is 4. The number of hydrogen-bond acceptors (Lipinski definition) is 4. The molecular weight excluding hydrogens is 350 g/mol. The third-order valence-electron chi connectivity index (χ3n) is 4.11. The summed E-state index contributed by atoms with van der Waals surface area (Å²) in [5.41, 5.74) is 0.908. The number of rotatable bonds is 6. The first kappa shape index (κ1) is 18.6. The van der Waals surface area contributed by atoms with Gasteiger partial charge in [-0.1, -0.05) is 0 Å². The second-order valence-corrected chi connectivity index (χ2v) is 6.70. The minimum Gasteiger partial charge on any atom is -0.467 e. The lowest BCUT2D eigenvalue weighted by Gasteiger charge is -2.25. The van der Waals surface area contributed by atoms with E-state index < -0.39 is 0 Å². The van der Waals surface area contributed by atoms with Crippen molar-refractivity contribution in [2.45, 2.75) is 38.9 Å². The molecule has 1 aliphatic rings. The number of hydrogen-bond donors (Lipinski definition) is 4. The molecule has 3 rings (SSSR count). The van der Waals surface area contributed by atoms with Crippen LogP contribution in [0.4, 0.5) is 10.5 Å². The van der Waals surface area contributed by atoms with Crippen LogP contribution in [0.25, 0.3) is 0 Å². The molecule has 27 heavy (non-hydrogen) atoms. The number of carbonyl (C=O) groups is 3. The van der Waals surface area contributed by atoms with Crippen molar-refractivity contribution in [3.8, 4) is 0 Å². The average Bonchev–Trinajstić information content (AvgIpc) is 3.24. The minimum atomic E-state index is -0.346. The summed E-state index contributed by atoms with van der Waals surface area (Å²) >= 11 is 0. The molecular formula is C18H23N5O4. The smallest absolute Gasteiger partial charge is 0.319 e. The Morgan fingerprint density at radius 3 is 2.93 bits per heavy atom. The number of carbonyl (C=O) groups excluding carboxylic acids is 3. The standard InChI is InChI=1S/C18H23N5O4/c1-11(2)21-18(26)22-12-6-15-17(25)20-8-13(23(15)10-12)7-16(24)19-9-14-4-3-5-27-14/h3-6,10-11,13H,7-9H2,1-2H3,(H,19,24)(H,20,25)(H2,21,22,26). The summed E-state index contributed by atoms with van der Waals surface area (Å²) in [6, 6.07) is 4.55. The highest BCUT2D eigenvalue weighted by molar-refractivity contribution is 5.97. The topological polar surface area (TPSA) is 117 Å². The summed E-state index contributed by atoms with van der Waals surface area (Å²) < 4.78 is 6.92. The molecule has 0 saturated heterocycles. The van der Waals surface area contributed by atoms with E-state index >= 15 is 0 Å². The van der Waals surface area contributed by atoms with E-state index in [1.165, 1.54) is 0 Å². The van der Waals surface area contributed by atoms with Gasteiger partial charge in [-0.05, 0) is 32.0 Å². The Bertz CT molecular complexity index is 825. The maximum Gasteiger partial charge on any atom is 0.319 e. The highest BCUT2D eigenvalue weighted by atomic mass is 16.3. The van der Waals surface area contributed by atoms with Gasteiger partial charge in [0.2, 0.25) is 5.91 Å². The summed E-state index contributed by atoms with van der Waals surface area (Å²) in [5, 5.41) is 11.0. The molecule has 1 unspecified atom stereocenters. The van der Waals surface area contributed by atoms with Crippen molar-refractivity contribution >= 4 is 23.5 Å². The van der Waals surface area contributed by atoms with Gasteiger partial charge in [0.25, 0.3) is 5.91 Å². The van der Waals surface area contributed by atoms with Gasteiger partial charge in [-0.15, -0.1) is 0 Å². The molecule has 2 aromatic rings. The first-order chi connectivity index (χ1) is 12.9. The molecule has 4 N–H and O–H groups in total. The van der Waals surface area contributed by atoms with Crippen molar-refractivity contribution in [3.63, 3.8) is 0 Å². The van der Waals surface area contributed by atoms with Crippen LogP contribution in [0.1, 0.15) is 42.6 Å². The zero-order chi connectivity index (χ0) is 19.4. The molecule has 0 aromatic carbocycles. The van der Waals surface area contributed by atoms with Crippen LogP contribution < -0.4 is 21.3 Å². The highest BCUT2D eigenvalue weighted by Crippen LogP contribution is 2.24. The molecule has 1 atom stereocenters. The summed E-state index contributed by atoms with van der Waals surface area (Å²) in [6.45, 7) is 4.36. The SMILES string of the molecule is CC(C)NC(=O)Nc1cc2n(c1)C(CC(=O)NCc1ccco1)CNC2=O. The van der Waals surface area contributed by atoms with E-state index in [4.69, 9.17) is 4.42 Å². The fraction of sp³-hybridized carbons (Fsp3) is 0.389. The second-order valence-electron chi connectivity index (χ2n) is 6.70. The van der Waals surface area contributed by atoms with Gasteiger partial charge >= 0.3 is 6.03 Å². The Hall–Kier alpha value is -3.23. The molecule has 1 aliphatic heterocycles. The van der Waals surface area contributed by atoms with E-state index in [9.17, 15) is 14.4 Å². The maximum absolute atomic E-state index is 12.2. The molecule has 0 fully saturated rings. The van der Waals surface area contributed by atoms with Crippen molar-refractivity contribution in [2.75, 3.05) is 11.9 Å². The number of fused-ring (bicyclic) bond motifs is 1. The van der Waals surface area contributed by atoms with E-state index in [1.54, 1.807) is 35.2 Å². The third kappa shape index (κ3) is 4.69. The minimum absolute atomic E-state index is 0.00357. The Morgan fingerprint density at radius 2 is 2.22 bits per heavy atom. The van der Waals surface area contributed by atoms with Crippen LogP contribution in [0.15, 0.2) is 35.1 Å². The number of furan rings is 1. The lowest BCUT2D eigenvalue weighted by Crippen LogP contribution is -2.40. The zero-order valence-electron chi connectivity index (χ0n) is 15.2. The highest BCUT2D eigenvalue weighted by Gasteiger charge is 2.27. The lowest BCUT2D eigenvalue weighted by atomic mass is 10.1. The number of amides is 4. The van der Waals surface area contributed by atoms with Crippen LogP contribution in [0.2, 0.25) is 0 Å². The number of anilines is 1. The van der Waals surface area contributed by atoms with Crippen LogP contribution in [-0.2, 0) is 11.3 Å². The molecule has 0 aliphatic carbocycles. The normalized spacial score (nSPS) is 15.8. The summed E-state index contributed by atoms with van der Waals surface area (Å²) in [6.07, 6.45) is 3.42. The molecule has 4 amide bonds. The van der Waals surface area contributed by atoms with Gasteiger partial charge in [-0.3, -0.25) is 9.59 Å². The van der Waals surface area contributed by atoms with E-state index in [0.717, 1.165) is 0 Å². The summed E-state index contributed by atoms with van der Waals surface area (Å²) in [5.74, 6) is 0.281. The monoisotopic (exact) mass is 373 g/mol. The number of urea groups is 1. The lowest BCUT2D eigenvalue weighted by molar-refractivity contribution is -0.122. The van der Waals surface area contributed by atoms with Crippen molar-refractivity contribution in [3.05, 3.63) is 42.1 Å². The molecule has 2 aromatic heterocycles. The average molecular weight is 373 g/mol. The first-order valence-corrected chi connectivity index (χ1v) is 8.79. The van der Waals surface area contributed by atoms with E-state index in [1.807, 2.05) is 13.8 Å². The Morgan fingerprint density at radius 1 is 1.41 bits per heavy atom. The molecule has 9 nitrogen and oxygen atoms in total. The van der Waals surface area contributed by atoms with Crippen molar-refractivity contribution in [1.29, 1.82) is 0 Å². The Kier molecular flexibility index (Phi) is 5.49. The van der Waals surface area contributed by atoms with Gasteiger partial charge in [0.15, 0.2) is 0 Å². The van der Waals surface area contributed by atoms with Crippen LogP contribution >= 0.6 is 0 Å². The van der Waals surface area contributed by atoms with Crippen molar-refractivity contribution in [1.82, 2.24) is 20.5 Å². The van der Waals surface area contributed by atoms with Gasteiger partial charge in [-0.2, -0.15) is 0 Å². The molecule has 0 saturated carbocycles. The molecule has 144 valence electrons. The molecule has 3 heterocycles. The van der Waals surface area contributed by atoms with E-state index in [2.05, 4.69) is 21.3 Å². The molecule has 0 bridgehead atoms. The second kappa shape index (κ2) is 7.98. The number of nitrogens with zero attached hydrogens (tertiary/aromatic N) is 1. The van der Waals surface area contributed by atoms with Crippen LogP contribution in [0.3, 0.4) is 0 Å². The van der Waals surface area contributed by atoms with Gasteiger partial charge < -0.3 is 30.3 Å². The quantitative estimate of drug-likeness (QED) is 0.615. The van der Waals surface area contributed by atoms with Crippen molar-refractivity contribution in [2.24, 2.45) is 0 Å². The molecule has 0 radical (unpaired) electrons. The van der Waals surface area contributed by atoms with Gasteiger partial charge in [0, 0.05) is 25.2 Å². The van der Waals surface area contributed by atoms with E-state index in [-0.39, 0.29) is 36.3 Å². The van der Waals surface area contributed by atoms with Gasteiger partial charge in [0.1, 0.15) is 11.5 Å². The predicted octanol–water partition coefficient (Wildman–Crippen LogP) is 1.60. The largest absolute Gasteiger partial charge is 0.467 e. The van der Waals surface area contributed by atoms with Gasteiger partial charge in [0.05, 0.1) is 24.5 Å². The van der Waals surface area contributed by atoms with Crippen molar-refractivity contribution < 1.29 is 18.8 Å².